The Labute approximate surface area is 112 Å². The highest BCUT2D eigenvalue weighted by atomic mass is 16.5. The summed E-state index contributed by atoms with van der Waals surface area (Å²) in [6.45, 7) is 2.68. The molecular weight excluding hydrogens is 234 g/mol. The molecule has 19 heavy (non-hydrogen) atoms. The van der Waals surface area contributed by atoms with Crippen LogP contribution in [0, 0.1) is 6.92 Å². The molecule has 1 aromatic heterocycles. The van der Waals surface area contributed by atoms with Gasteiger partial charge in [-0.05, 0) is 42.3 Å². The Morgan fingerprint density at radius 1 is 1.00 bits per heavy atom. The molecule has 2 heteroatoms. The summed E-state index contributed by atoms with van der Waals surface area (Å²) in [6, 6.07) is 18.2. The Morgan fingerprint density at radius 2 is 1.84 bits per heavy atom. The number of benzene rings is 2. The van der Waals surface area contributed by atoms with Gasteiger partial charge in [0.1, 0.15) is 12.4 Å². The van der Waals surface area contributed by atoms with Gasteiger partial charge in [0.15, 0.2) is 0 Å². The third-order valence-corrected chi connectivity index (χ3v) is 3.18. The number of ether oxygens (including phenoxy) is 1. The summed E-state index contributed by atoms with van der Waals surface area (Å²) in [6.07, 6.45) is 1.84. The lowest BCUT2D eigenvalue weighted by molar-refractivity contribution is 0.306. The van der Waals surface area contributed by atoms with Gasteiger partial charge in [-0.15, -0.1) is 0 Å². The van der Waals surface area contributed by atoms with E-state index in [-0.39, 0.29) is 0 Å². The SMILES string of the molecule is Cc1ccnc2ccc(OCc3ccccc3)cc12. The molecule has 0 atom stereocenters. The van der Waals surface area contributed by atoms with Crippen molar-refractivity contribution < 1.29 is 4.74 Å². The van der Waals surface area contributed by atoms with E-state index in [4.69, 9.17) is 4.74 Å². The standard InChI is InChI=1S/C17H15NO/c1-13-9-10-18-17-8-7-15(11-16(13)17)19-12-14-5-3-2-4-6-14/h2-11H,12H2,1H3. The first-order valence-corrected chi connectivity index (χ1v) is 6.35. The molecule has 94 valence electrons. The number of hydrogen-bond acceptors (Lipinski definition) is 2. The normalized spacial score (nSPS) is 10.6. The molecular formula is C17H15NO. The number of aromatic nitrogens is 1. The third-order valence-electron chi connectivity index (χ3n) is 3.18. The highest BCUT2D eigenvalue weighted by Crippen LogP contribution is 2.22. The topological polar surface area (TPSA) is 22.1 Å². The van der Waals surface area contributed by atoms with E-state index < -0.39 is 0 Å². The maximum atomic E-state index is 5.83. The summed E-state index contributed by atoms with van der Waals surface area (Å²) in [5.74, 6) is 0.882. The number of pyridine rings is 1. The monoisotopic (exact) mass is 249 g/mol. The molecule has 1 heterocycles. The van der Waals surface area contributed by atoms with Crippen molar-refractivity contribution in [1.82, 2.24) is 4.98 Å². The summed E-state index contributed by atoms with van der Waals surface area (Å²) in [5, 5.41) is 1.15. The van der Waals surface area contributed by atoms with Gasteiger partial charge < -0.3 is 4.74 Å². The van der Waals surface area contributed by atoms with Gasteiger partial charge in [-0.1, -0.05) is 30.3 Å². The van der Waals surface area contributed by atoms with E-state index >= 15 is 0 Å². The number of fused-ring (bicyclic) bond motifs is 1. The fourth-order valence-corrected chi connectivity index (χ4v) is 2.09. The zero-order valence-electron chi connectivity index (χ0n) is 10.8. The van der Waals surface area contributed by atoms with E-state index in [9.17, 15) is 0 Å². The number of aryl methyl sites for hydroxylation is 1. The van der Waals surface area contributed by atoms with Crippen molar-refractivity contribution in [3.8, 4) is 5.75 Å². The summed E-state index contributed by atoms with van der Waals surface area (Å²) < 4.78 is 5.83. The van der Waals surface area contributed by atoms with Crippen molar-refractivity contribution in [3.63, 3.8) is 0 Å². The van der Waals surface area contributed by atoms with Crippen LogP contribution in [0.15, 0.2) is 60.8 Å². The van der Waals surface area contributed by atoms with E-state index in [0.29, 0.717) is 6.61 Å². The molecule has 0 radical (unpaired) electrons. The van der Waals surface area contributed by atoms with Crippen molar-refractivity contribution in [2.24, 2.45) is 0 Å². The first-order valence-electron chi connectivity index (χ1n) is 6.35. The van der Waals surface area contributed by atoms with Crippen molar-refractivity contribution in [2.45, 2.75) is 13.5 Å². The largest absolute Gasteiger partial charge is 0.489 e. The molecule has 3 rings (SSSR count). The number of nitrogens with zero attached hydrogens (tertiary/aromatic N) is 1. The fourth-order valence-electron chi connectivity index (χ4n) is 2.09. The first-order chi connectivity index (χ1) is 9.33. The van der Waals surface area contributed by atoms with E-state index in [1.807, 2.05) is 42.6 Å². The Kier molecular flexibility index (Phi) is 3.15. The lowest BCUT2D eigenvalue weighted by atomic mass is 10.1. The summed E-state index contributed by atoms with van der Waals surface area (Å²) in [5.41, 5.74) is 3.40. The highest BCUT2D eigenvalue weighted by Gasteiger charge is 2.01. The molecule has 0 saturated heterocycles. The van der Waals surface area contributed by atoms with Crippen LogP contribution in [-0.2, 0) is 6.61 Å². The molecule has 0 aliphatic heterocycles. The average Bonchev–Trinajstić information content (AvgIpc) is 2.47. The van der Waals surface area contributed by atoms with Crippen molar-refractivity contribution in [3.05, 3.63) is 71.9 Å². The molecule has 0 saturated carbocycles. The molecule has 0 aliphatic rings. The van der Waals surface area contributed by atoms with Crippen molar-refractivity contribution in [1.29, 1.82) is 0 Å². The maximum absolute atomic E-state index is 5.83. The minimum absolute atomic E-state index is 0.589. The first kappa shape index (κ1) is 11.7. The molecule has 2 aromatic carbocycles. The highest BCUT2D eigenvalue weighted by molar-refractivity contribution is 5.83. The number of rotatable bonds is 3. The third kappa shape index (κ3) is 2.58. The second kappa shape index (κ2) is 5.11. The Morgan fingerprint density at radius 3 is 2.68 bits per heavy atom. The van der Waals surface area contributed by atoms with E-state index in [2.05, 4.69) is 30.1 Å². The van der Waals surface area contributed by atoms with Crippen LogP contribution in [0.1, 0.15) is 11.1 Å². The number of hydrogen-bond donors (Lipinski definition) is 0. The Hall–Kier alpha value is -2.35. The van der Waals surface area contributed by atoms with Gasteiger partial charge in [0, 0.05) is 11.6 Å². The second-order valence-electron chi connectivity index (χ2n) is 4.58. The zero-order chi connectivity index (χ0) is 13.1. The lowest BCUT2D eigenvalue weighted by Gasteiger charge is -2.08. The second-order valence-corrected chi connectivity index (χ2v) is 4.58. The van der Waals surface area contributed by atoms with E-state index in [1.165, 1.54) is 11.1 Å². The molecule has 0 amide bonds. The predicted molar refractivity (Wildman–Crippen MR) is 77.3 cm³/mol. The van der Waals surface area contributed by atoms with Crippen LogP contribution in [0.4, 0.5) is 0 Å². The van der Waals surface area contributed by atoms with Crippen LogP contribution in [0.25, 0.3) is 10.9 Å². The van der Waals surface area contributed by atoms with E-state index in [1.54, 1.807) is 0 Å². The average molecular weight is 249 g/mol. The van der Waals surface area contributed by atoms with Crippen LogP contribution in [-0.4, -0.2) is 4.98 Å². The van der Waals surface area contributed by atoms with Crippen LogP contribution < -0.4 is 4.74 Å². The smallest absolute Gasteiger partial charge is 0.120 e. The zero-order valence-corrected chi connectivity index (χ0v) is 10.8. The summed E-state index contributed by atoms with van der Waals surface area (Å²) in [4.78, 5) is 4.35. The van der Waals surface area contributed by atoms with Crippen LogP contribution >= 0.6 is 0 Å². The summed E-state index contributed by atoms with van der Waals surface area (Å²) in [7, 11) is 0. The van der Waals surface area contributed by atoms with Gasteiger partial charge in [0.05, 0.1) is 5.52 Å². The fraction of sp³-hybridized carbons (Fsp3) is 0.118. The van der Waals surface area contributed by atoms with Crippen LogP contribution in [0.3, 0.4) is 0 Å². The molecule has 0 bridgehead atoms. The van der Waals surface area contributed by atoms with E-state index in [0.717, 1.165) is 16.7 Å². The molecule has 0 spiro atoms. The Balaban J connectivity index is 1.84. The maximum Gasteiger partial charge on any atom is 0.120 e. The quantitative estimate of drug-likeness (QED) is 0.696. The van der Waals surface area contributed by atoms with Crippen LogP contribution in [0.2, 0.25) is 0 Å². The van der Waals surface area contributed by atoms with Crippen molar-refractivity contribution >= 4 is 10.9 Å². The summed E-state index contributed by atoms with van der Waals surface area (Å²) >= 11 is 0. The molecule has 0 fully saturated rings. The molecule has 0 N–H and O–H groups in total. The molecule has 2 nitrogen and oxygen atoms in total. The van der Waals surface area contributed by atoms with Crippen molar-refractivity contribution in [2.75, 3.05) is 0 Å². The molecule has 0 aliphatic carbocycles. The van der Waals surface area contributed by atoms with Gasteiger partial charge in [-0.25, -0.2) is 0 Å². The Bertz CT molecular complexity index is 692. The van der Waals surface area contributed by atoms with Crippen LogP contribution in [0.5, 0.6) is 5.75 Å². The lowest BCUT2D eigenvalue weighted by Crippen LogP contribution is -1.95. The van der Waals surface area contributed by atoms with Gasteiger partial charge in [0.2, 0.25) is 0 Å². The van der Waals surface area contributed by atoms with Gasteiger partial charge >= 0.3 is 0 Å². The van der Waals surface area contributed by atoms with Gasteiger partial charge in [-0.3, -0.25) is 4.98 Å². The predicted octanol–water partition coefficient (Wildman–Crippen LogP) is 4.12. The minimum Gasteiger partial charge on any atom is -0.489 e. The van der Waals surface area contributed by atoms with Gasteiger partial charge in [0.25, 0.3) is 0 Å². The molecule has 3 aromatic rings. The van der Waals surface area contributed by atoms with Gasteiger partial charge in [-0.2, -0.15) is 0 Å². The minimum atomic E-state index is 0.589. The molecule has 0 unspecified atom stereocenters.